The van der Waals surface area contributed by atoms with Crippen molar-refractivity contribution < 1.29 is 28.6 Å². The fourth-order valence-corrected chi connectivity index (χ4v) is 5.69. The van der Waals surface area contributed by atoms with Crippen LogP contribution in [0.1, 0.15) is 44.3 Å². The van der Waals surface area contributed by atoms with E-state index in [0.29, 0.717) is 31.3 Å². The van der Waals surface area contributed by atoms with E-state index in [1.165, 1.54) is 0 Å². The molecule has 6 unspecified atom stereocenters. The molecular formula is C19H20O6. The smallest absolute Gasteiger partial charge is 0.338 e. The van der Waals surface area contributed by atoms with E-state index in [4.69, 9.17) is 13.9 Å². The van der Waals surface area contributed by atoms with E-state index in [0.717, 1.165) is 5.56 Å². The Morgan fingerprint density at radius 2 is 2.12 bits per heavy atom. The highest BCUT2D eigenvalue weighted by atomic mass is 16.6. The lowest BCUT2D eigenvalue weighted by atomic mass is 9.51. The highest BCUT2D eigenvalue weighted by Gasteiger charge is 2.67. The molecule has 132 valence electrons. The third-order valence-corrected chi connectivity index (χ3v) is 6.84. The number of aliphatic hydroxyl groups is 1. The number of esters is 2. The van der Waals surface area contributed by atoms with Crippen LogP contribution in [0.4, 0.5) is 0 Å². The molecule has 0 aromatic carbocycles. The van der Waals surface area contributed by atoms with Crippen molar-refractivity contribution in [3.8, 4) is 0 Å². The molecule has 25 heavy (non-hydrogen) atoms. The minimum Gasteiger partial charge on any atom is -0.512 e. The summed E-state index contributed by atoms with van der Waals surface area (Å²) in [4.78, 5) is 25.3. The van der Waals surface area contributed by atoms with Crippen LogP contribution in [0, 0.1) is 23.2 Å². The highest BCUT2D eigenvalue weighted by Crippen LogP contribution is 2.63. The fraction of sp³-hybridized carbons (Fsp3) is 0.579. The van der Waals surface area contributed by atoms with Gasteiger partial charge < -0.3 is 19.0 Å². The molecule has 6 nitrogen and oxygen atoms in total. The Kier molecular flexibility index (Phi) is 2.95. The van der Waals surface area contributed by atoms with E-state index in [1.807, 2.05) is 6.07 Å². The lowest BCUT2D eigenvalue weighted by Crippen LogP contribution is -2.52. The number of ether oxygens (including phenoxy) is 2. The number of rotatable bonds is 1. The Balaban J connectivity index is 1.58. The van der Waals surface area contributed by atoms with Gasteiger partial charge in [0.25, 0.3) is 0 Å². The third-order valence-electron chi connectivity index (χ3n) is 6.84. The molecule has 3 fully saturated rings. The first kappa shape index (κ1) is 15.0. The summed E-state index contributed by atoms with van der Waals surface area (Å²) in [5.41, 5.74) is 0.628. The molecule has 2 saturated heterocycles. The molecule has 4 aliphatic rings. The Bertz CT molecular complexity index is 778. The number of aliphatic hydroxyl groups excluding tert-OH is 1. The average Bonchev–Trinajstić information content (AvgIpc) is 3.27. The summed E-state index contributed by atoms with van der Waals surface area (Å²) >= 11 is 0. The van der Waals surface area contributed by atoms with Crippen LogP contribution >= 0.6 is 0 Å². The van der Waals surface area contributed by atoms with Crippen LogP contribution in [0.25, 0.3) is 0 Å². The number of carbonyl (C=O) groups is 2. The largest absolute Gasteiger partial charge is 0.512 e. The van der Waals surface area contributed by atoms with Crippen molar-refractivity contribution in [3.05, 3.63) is 35.5 Å². The van der Waals surface area contributed by atoms with Crippen LogP contribution < -0.4 is 0 Å². The van der Waals surface area contributed by atoms with E-state index in [1.54, 1.807) is 12.5 Å². The summed E-state index contributed by atoms with van der Waals surface area (Å²) in [5.74, 6) is -0.656. The maximum absolute atomic E-state index is 13.1. The van der Waals surface area contributed by atoms with Crippen molar-refractivity contribution in [2.45, 2.75) is 44.8 Å². The highest BCUT2D eigenvalue weighted by molar-refractivity contribution is 5.93. The van der Waals surface area contributed by atoms with Crippen LogP contribution in [0.5, 0.6) is 0 Å². The topological polar surface area (TPSA) is 86.0 Å². The quantitative estimate of drug-likeness (QED) is 0.788. The molecule has 3 heterocycles. The number of allylic oxidation sites excluding steroid dienone is 1. The first-order valence-corrected chi connectivity index (χ1v) is 8.88. The van der Waals surface area contributed by atoms with Gasteiger partial charge in [0, 0.05) is 24.3 Å². The van der Waals surface area contributed by atoms with Gasteiger partial charge in [-0.05, 0) is 30.7 Å². The van der Waals surface area contributed by atoms with Crippen LogP contribution in [0.3, 0.4) is 0 Å². The van der Waals surface area contributed by atoms with Crippen LogP contribution in [-0.2, 0) is 19.1 Å². The molecule has 1 spiro atoms. The molecule has 1 N–H and O–H groups in total. The van der Waals surface area contributed by atoms with Gasteiger partial charge in [-0.25, -0.2) is 4.79 Å². The van der Waals surface area contributed by atoms with Gasteiger partial charge in [-0.2, -0.15) is 0 Å². The van der Waals surface area contributed by atoms with Crippen LogP contribution in [-0.4, -0.2) is 23.1 Å². The minimum atomic E-state index is -0.636. The van der Waals surface area contributed by atoms with Crippen LogP contribution in [0.15, 0.2) is 34.3 Å². The monoisotopic (exact) mass is 344 g/mol. The zero-order chi connectivity index (χ0) is 17.3. The van der Waals surface area contributed by atoms with Crippen molar-refractivity contribution in [2.75, 3.05) is 0 Å². The maximum atomic E-state index is 13.1. The number of furan rings is 1. The molecule has 1 aromatic heterocycles. The molecule has 6 atom stereocenters. The van der Waals surface area contributed by atoms with Crippen molar-refractivity contribution in [1.29, 1.82) is 0 Å². The normalized spacial score (nSPS) is 42.5. The Morgan fingerprint density at radius 3 is 2.88 bits per heavy atom. The molecule has 0 bridgehead atoms. The van der Waals surface area contributed by atoms with Crippen molar-refractivity contribution >= 4 is 11.9 Å². The summed E-state index contributed by atoms with van der Waals surface area (Å²) in [5, 5.41) is 10.2. The molecule has 0 radical (unpaired) electrons. The number of hydrogen-bond acceptors (Lipinski definition) is 6. The van der Waals surface area contributed by atoms with Gasteiger partial charge in [-0.15, -0.1) is 0 Å². The van der Waals surface area contributed by atoms with Gasteiger partial charge in [0.2, 0.25) is 0 Å². The van der Waals surface area contributed by atoms with Crippen molar-refractivity contribution in [2.24, 2.45) is 23.2 Å². The Hall–Kier alpha value is -2.24. The van der Waals surface area contributed by atoms with Gasteiger partial charge >= 0.3 is 11.9 Å². The number of hydrogen-bond donors (Lipinski definition) is 1. The maximum Gasteiger partial charge on any atom is 0.338 e. The number of cyclic esters (lactones) is 1. The van der Waals surface area contributed by atoms with Gasteiger partial charge in [0.1, 0.15) is 18.0 Å². The summed E-state index contributed by atoms with van der Waals surface area (Å²) in [7, 11) is 0. The second-order valence-electron chi connectivity index (χ2n) is 7.81. The second kappa shape index (κ2) is 4.90. The molecular weight excluding hydrogens is 324 g/mol. The van der Waals surface area contributed by atoms with Crippen LogP contribution in [0.2, 0.25) is 0 Å². The molecule has 0 amide bonds. The van der Waals surface area contributed by atoms with Gasteiger partial charge in [0.05, 0.1) is 23.5 Å². The molecule has 2 aliphatic carbocycles. The van der Waals surface area contributed by atoms with E-state index >= 15 is 0 Å². The predicted molar refractivity (Wildman–Crippen MR) is 84.1 cm³/mol. The molecule has 1 aromatic rings. The molecule has 2 aliphatic heterocycles. The average molecular weight is 344 g/mol. The number of fused-ring (bicyclic) bond motifs is 1. The van der Waals surface area contributed by atoms with Crippen molar-refractivity contribution in [3.63, 3.8) is 0 Å². The third kappa shape index (κ3) is 1.80. The summed E-state index contributed by atoms with van der Waals surface area (Å²) in [6, 6.07) is 1.83. The second-order valence-corrected chi connectivity index (χ2v) is 7.81. The fourth-order valence-electron chi connectivity index (χ4n) is 5.69. The van der Waals surface area contributed by atoms with E-state index in [9.17, 15) is 14.7 Å². The van der Waals surface area contributed by atoms with E-state index in [2.05, 4.69) is 6.92 Å². The lowest BCUT2D eigenvalue weighted by Gasteiger charge is -2.49. The van der Waals surface area contributed by atoms with Gasteiger partial charge in [-0.1, -0.05) is 6.92 Å². The first-order chi connectivity index (χ1) is 12.0. The SMILES string of the molecule is CC1CC2OC(=O)C3=C(O)CCC(C32)C12CC(c1ccoc1)OC2=O. The van der Waals surface area contributed by atoms with Gasteiger partial charge in [0.15, 0.2) is 0 Å². The zero-order valence-electron chi connectivity index (χ0n) is 13.9. The molecule has 5 rings (SSSR count). The van der Waals surface area contributed by atoms with Gasteiger partial charge in [-0.3, -0.25) is 4.79 Å². The lowest BCUT2D eigenvalue weighted by molar-refractivity contribution is -0.162. The minimum absolute atomic E-state index is 0.0389. The standard InChI is InChI=1S/C19H20O6/c1-9-6-13-15-11(2-3-12(20)16(15)17(21)24-13)19(9)7-14(25-18(19)22)10-4-5-23-8-10/h4-5,8-9,11,13-15,20H,2-3,6-7H2,1H3. The Morgan fingerprint density at radius 1 is 1.28 bits per heavy atom. The Labute approximate surface area is 144 Å². The number of carbonyl (C=O) groups excluding carboxylic acids is 2. The summed E-state index contributed by atoms with van der Waals surface area (Å²) < 4.78 is 16.4. The summed E-state index contributed by atoms with van der Waals surface area (Å²) in [6.45, 7) is 2.05. The van der Waals surface area contributed by atoms with Crippen molar-refractivity contribution in [1.82, 2.24) is 0 Å². The van der Waals surface area contributed by atoms with E-state index < -0.39 is 11.4 Å². The molecule has 1 saturated carbocycles. The van der Waals surface area contributed by atoms with E-state index in [-0.39, 0.29) is 41.7 Å². The zero-order valence-corrected chi connectivity index (χ0v) is 13.9. The molecule has 6 heteroatoms. The predicted octanol–water partition coefficient (Wildman–Crippen LogP) is 3.06. The summed E-state index contributed by atoms with van der Waals surface area (Å²) in [6.07, 6.45) is 4.94. The first-order valence-electron chi connectivity index (χ1n) is 8.88.